The molecule has 2 heterocycles. The topological polar surface area (TPSA) is 89.9 Å². The van der Waals surface area contributed by atoms with E-state index in [0.29, 0.717) is 32.4 Å². The molecule has 7 nitrogen and oxygen atoms in total. The highest BCUT2D eigenvalue weighted by Crippen LogP contribution is 2.22. The molecule has 2 fully saturated rings. The molecule has 1 unspecified atom stereocenters. The summed E-state index contributed by atoms with van der Waals surface area (Å²) in [5, 5.41) is 12.1. The number of likely N-dealkylation sites (tertiary alicyclic amines) is 1. The highest BCUT2D eigenvalue weighted by Gasteiger charge is 2.36. The number of amides is 3. The smallest absolute Gasteiger partial charge is 0.326 e. The number of hydrogen-bond donors (Lipinski definition) is 2. The number of carbonyl (C=O) groups is 3. The summed E-state index contributed by atoms with van der Waals surface area (Å²) in [6.45, 7) is 0.845. The number of carboxylic acid groups (broad SMARTS) is 1. The van der Waals surface area contributed by atoms with Crippen LogP contribution in [0.3, 0.4) is 0 Å². The van der Waals surface area contributed by atoms with Crippen LogP contribution in [0.15, 0.2) is 30.3 Å². The summed E-state index contributed by atoms with van der Waals surface area (Å²) in [5.74, 6) is -1.28. The van der Waals surface area contributed by atoms with E-state index in [-0.39, 0.29) is 24.5 Å². The van der Waals surface area contributed by atoms with E-state index in [1.165, 1.54) is 9.80 Å². The highest BCUT2D eigenvalue weighted by molar-refractivity contribution is 5.88. The molecular weight excluding hydrogens is 310 g/mol. The molecule has 0 aliphatic carbocycles. The summed E-state index contributed by atoms with van der Waals surface area (Å²) < 4.78 is 0. The maximum atomic E-state index is 12.4. The monoisotopic (exact) mass is 331 g/mol. The van der Waals surface area contributed by atoms with E-state index in [9.17, 15) is 14.4 Å². The average molecular weight is 331 g/mol. The predicted octanol–water partition coefficient (Wildman–Crippen LogP) is 1.22. The number of benzene rings is 1. The molecule has 0 aromatic heterocycles. The van der Waals surface area contributed by atoms with Crippen molar-refractivity contribution in [3.8, 4) is 0 Å². The van der Waals surface area contributed by atoms with E-state index in [1.54, 1.807) is 0 Å². The maximum absolute atomic E-state index is 12.4. The van der Waals surface area contributed by atoms with Gasteiger partial charge in [0.15, 0.2) is 0 Å². The molecule has 3 amide bonds. The van der Waals surface area contributed by atoms with Crippen molar-refractivity contribution < 1.29 is 19.5 Å². The predicted molar refractivity (Wildman–Crippen MR) is 86.3 cm³/mol. The van der Waals surface area contributed by atoms with Crippen molar-refractivity contribution in [2.75, 3.05) is 19.6 Å². The first-order valence-corrected chi connectivity index (χ1v) is 8.19. The third-order valence-electron chi connectivity index (χ3n) is 4.66. The van der Waals surface area contributed by atoms with Crippen LogP contribution in [0.5, 0.6) is 0 Å². The molecule has 0 bridgehead atoms. The molecular formula is C17H21N3O4. The molecule has 2 aliphatic heterocycles. The summed E-state index contributed by atoms with van der Waals surface area (Å²) >= 11 is 0. The molecule has 2 saturated heterocycles. The number of aliphatic carboxylic acids is 1. The van der Waals surface area contributed by atoms with Crippen LogP contribution in [0, 0.1) is 0 Å². The summed E-state index contributed by atoms with van der Waals surface area (Å²) in [6.07, 6.45) is 1.87. The lowest BCUT2D eigenvalue weighted by atomic mass is 10.0. The first-order chi connectivity index (χ1) is 11.6. The third kappa shape index (κ3) is 3.34. The van der Waals surface area contributed by atoms with Gasteiger partial charge < -0.3 is 20.2 Å². The first-order valence-electron chi connectivity index (χ1n) is 8.19. The quantitative estimate of drug-likeness (QED) is 0.868. The van der Waals surface area contributed by atoms with E-state index >= 15 is 0 Å². The van der Waals surface area contributed by atoms with Crippen LogP contribution in [-0.4, -0.2) is 58.5 Å². The van der Waals surface area contributed by atoms with E-state index in [1.807, 2.05) is 30.3 Å². The molecule has 1 aromatic rings. The highest BCUT2D eigenvalue weighted by atomic mass is 16.4. The fourth-order valence-electron chi connectivity index (χ4n) is 3.36. The van der Waals surface area contributed by atoms with Gasteiger partial charge in [-0.3, -0.25) is 4.79 Å². The minimum absolute atomic E-state index is 0.0522. The van der Waals surface area contributed by atoms with Gasteiger partial charge in [-0.25, -0.2) is 9.59 Å². The normalized spacial score (nSPS) is 23.9. The van der Waals surface area contributed by atoms with Crippen molar-refractivity contribution in [3.63, 3.8) is 0 Å². The number of nitrogens with one attached hydrogen (secondary N) is 1. The lowest BCUT2D eigenvalue weighted by molar-refractivity contribution is -0.148. The molecule has 2 aliphatic rings. The zero-order valence-corrected chi connectivity index (χ0v) is 13.4. The fourth-order valence-corrected chi connectivity index (χ4v) is 3.36. The zero-order chi connectivity index (χ0) is 17.1. The Morgan fingerprint density at radius 1 is 1.17 bits per heavy atom. The molecule has 24 heavy (non-hydrogen) atoms. The first kappa shape index (κ1) is 16.3. The van der Waals surface area contributed by atoms with Crippen LogP contribution in [0.1, 0.15) is 30.9 Å². The largest absolute Gasteiger partial charge is 0.480 e. The van der Waals surface area contributed by atoms with Gasteiger partial charge in [-0.05, 0) is 24.8 Å². The lowest BCUT2D eigenvalue weighted by Gasteiger charge is -2.34. The summed E-state index contributed by atoms with van der Waals surface area (Å²) in [5.41, 5.74) is 1.04. The van der Waals surface area contributed by atoms with Crippen LogP contribution in [-0.2, 0) is 9.59 Å². The van der Waals surface area contributed by atoms with Crippen LogP contribution < -0.4 is 5.32 Å². The fraction of sp³-hybridized carbons (Fsp3) is 0.471. The Kier molecular flexibility index (Phi) is 4.69. The number of hydrogen-bond acceptors (Lipinski definition) is 3. The van der Waals surface area contributed by atoms with Gasteiger partial charge in [0, 0.05) is 13.1 Å². The van der Waals surface area contributed by atoms with Gasteiger partial charge in [-0.15, -0.1) is 0 Å². The molecule has 7 heteroatoms. The Morgan fingerprint density at radius 2 is 1.92 bits per heavy atom. The molecule has 128 valence electrons. The SMILES string of the molecule is O=C(O)[C@@H]1CCCN1C(=O)CN1CCC(c2ccccc2)NC1=O. The van der Waals surface area contributed by atoms with Crippen molar-refractivity contribution >= 4 is 17.9 Å². The van der Waals surface area contributed by atoms with Gasteiger partial charge in [0.2, 0.25) is 5.91 Å². The van der Waals surface area contributed by atoms with E-state index < -0.39 is 12.0 Å². The van der Waals surface area contributed by atoms with E-state index in [4.69, 9.17) is 5.11 Å². The molecule has 0 radical (unpaired) electrons. The van der Waals surface area contributed by atoms with Crippen molar-refractivity contribution in [2.24, 2.45) is 0 Å². The van der Waals surface area contributed by atoms with E-state index in [0.717, 1.165) is 5.56 Å². The number of nitrogens with zero attached hydrogens (tertiary/aromatic N) is 2. The lowest BCUT2D eigenvalue weighted by Crippen LogP contribution is -2.53. The molecule has 2 N–H and O–H groups in total. The zero-order valence-electron chi connectivity index (χ0n) is 13.4. The van der Waals surface area contributed by atoms with Gasteiger partial charge in [0.1, 0.15) is 12.6 Å². The van der Waals surface area contributed by atoms with Gasteiger partial charge in [0.25, 0.3) is 0 Å². The van der Waals surface area contributed by atoms with Crippen molar-refractivity contribution in [1.29, 1.82) is 0 Å². The average Bonchev–Trinajstić information content (AvgIpc) is 3.07. The van der Waals surface area contributed by atoms with Gasteiger partial charge in [-0.1, -0.05) is 30.3 Å². The van der Waals surface area contributed by atoms with Crippen LogP contribution in [0.2, 0.25) is 0 Å². The van der Waals surface area contributed by atoms with Gasteiger partial charge >= 0.3 is 12.0 Å². The maximum Gasteiger partial charge on any atom is 0.326 e. The van der Waals surface area contributed by atoms with Gasteiger partial charge in [-0.2, -0.15) is 0 Å². The summed E-state index contributed by atoms with van der Waals surface area (Å²) in [7, 11) is 0. The minimum atomic E-state index is -0.979. The van der Waals surface area contributed by atoms with Crippen molar-refractivity contribution in [2.45, 2.75) is 31.3 Å². The third-order valence-corrected chi connectivity index (χ3v) is 4.66. The molecule has 0 spiro atoms. The van der Waals surface area contributed by atoms with Crippen LogP contribution in [0.25, 0.3) is 0 Å². The Bertz CT molecular complexity index is 634. The number of carbonyl (C=O) groups excluding carboxylic acids is 2. The second kappa shape index (κ2) is 6.90. The van der Waals surface area contributed by atoms with E-state index in [2.05, 4.69) is 5.32 Å². The molecule has 2 atom stereocenters. The number of carboxylic acids is 1. The molecule has 3 rings (SSSR count). The second-order valence-corrected chi connectivity index (χ2v) is 6.21. The van der Waals surface area contributed by atoms with Crippen LogP contribution >= 0.6 is 0 Å². The molecule has 1 aromatic carbocycles. The Hall–Kier alpha value is -2.57. The Balaban J connectivity index is 1.58. The van der Waals surface area contributed by atoms with Gasteiger partial charge in [0.05, 0.1) is 6.04 Å². The van der Waals surface area contributed by atoms with Crippen molar-refractivity contribution in [1.82, 2.24) is 15.1 Å². The number of urea groups is 1. The molecule has 0 saturated carbocycles. The number of rotatable bonds is 4. The second-order valence-electron chi connectivity index (χ2n) is 6.21. The minimum Gasteiger partial charge on any atom is -0.480 e. The Labute approximate surface area is 140 Å². The summed E-state index contributed by atoms with van der Waals surface area (Å²) in [4.78, 5) is 38.7. The van der Waals surface area contributed by atoms with Crippen molar-refractivity contribution in [3.05, 3.63) is 35.9 Å². The van der Waals surface area contributed by atoms with Crippen LogP contribution in [0.4, 0.5) is 4.79 Å². The summed E-state index contributed by atoms with van der Waals surface area (Å²) in [6, 6.07) is 8.61. The standard InChI is InChI=1S/C17H21N3O4/c21-15(20-9-4-7-14(20)16(22)23)11-19-10-8-13(18-17(19)24)12-5-2-1-3-6-12/h1-3,5-6,13-14H,4,7-11H2,(H,18,24)(H,22,23)/t13?,14-/m0/s1. The Morgan fingerprint density at radius 3 is 2.58 bits per heavy atom.